The number of anilines is 1. The largest absolute Gasteiger partial charge is 0.348 e. The third-order valence-electron chi connectivity index (χ3n) is 2.57. The van der Waals surface area contributed by atoms with Crippen LogP contribution in [0.2, 0.25) is 0 Å². The van der Waals surface area contributed by atoms with Crippen LogP contribution >= 0.6 is 0 Å². The summed E-state index contributed by atoms with van der Waals surface area (Å²) in [4.78, 5) is 11.5. The zero-order chi connectivity index (χ0) is 11.7. The molecule has 4 nitrogen and oxygen atoms in total. The number of carbonyl (C=O) groups excluding carboxylic acids is 1. The standard InChI is InChI=1S/C12H15N3O/c1-8(13)12(16)14-10-7-15(2)11-6-4-3-5-9(10)11/h3-8H,13H2,1-2H3,(H,14,16). The summed E-state index contributed by atoms with van der Waals surface area (Å²) in [5.41, 5.74) is 7.41. The number of amides is 1. The molecule has 1 amide bonds. The Hall–Kier alpha value is -1.81. The van der Waals surface area contributed by atoms with Crippen LogP contribution in [0.1, 0.15) is 6.92 Å². The van der Waals surface area contributed by atoms with Crippen LogP contribution in [-0.4, -0.2) is 16.5 Å². The zero-order valence-corrected chi connectivity index (χ0v) is 9.40. The van der Waals surface area contributed by atoms with E-state index < -0.39 is 6.04 Å². The van der Waals surface area contributed by atoms with E-state index in [4.69, 9.17) is 5.73 Å². The van der Waals surface area contributed by atoms with Crippen LogP contribution in [0.3, 0.4) is 0 Å². The van der Waals surface area contributed by atoms with E-state index in [2.05, 4.69) is 5.32 Å². The molecule has 1 heterocycles. The molecule has 1 atom stereocenters. The second-order valence-corrected chi connectivity index (χ2v) is 3.95. The number of aryl methyl sites for hydroxylation is 1. The highest BCUT2D eigenvalue weighted by molar-refractivity contribution is 6.03. The molecule has 16 heavy (non-hydrogen) atoms. The van der Waals surface area contributed by atoms with Crippen molar-refractivity contribution in [2.45, 2.75) is 13.0 Å². The van der Waals surface area contributed by atoms with Gasteiger partial charge in [0.15, 0.2) is 0 Å². The number of nitrogens with zero attached hydrogens (tertiary/aromatic N) is 1. The van der Waals surface area contributed by atoms with Gasteiger partial charge in [-0.3, -0.25) is 4.79 Å². The van der Waals surface area contributed by atoms with Crippen LogP contribution in [0.4, 0.5) is 5.69 Å². The molecule has 1 unspecified atom stereocenters. The summed E-state index contributed by atoms with van der Waals surface area (Å²) in [7, 11) is 1.95. The molecule has 2 aromatic rings. The van der Waals surface area contributed by atoms with Crippen molar-refractivity contribution in [3.8, 4) is 0 Å². The normalized spacial score (nSPS) is 12.7. The first-order valence-corrected chi connectivity index (χ1v) is 5.20. The van der Waals surface area contributed by atoms with Crippen molar-refractivity contribution >= 4 is 22.5 Å². The second-order valence-electron chi connectivity index (χ2n) is 3.95. The van der Waals surface area contributed by atoms with Crippen LogP contribution in [0.25, 0.3) is 10.9 Å². The minimum atomic E-state index is -0.501. The molecule has 0 saturated carbocycles. The highest BCUT2D eigenvalue weighted by Gasteiger charge is 2.11. The Kier molecular flexibility index (Phi) is 2.66. The summed E-state index contributed by atoms with van der Waals surface area (Å²) in [6, 6.07) is 7.41. The maximum Gasteiger partial charge on any atom is 0.241 e. The molecule has 0 aliphatic carbocycles. The predicted molar refractivity (Wildman–Crippen MR) is 65.2 cm³/mol. The van der Waals surface area contributed by atoms with Gasteiger partial charge in [-0.25, -0.2) is 0 Å². The van der Waals surface area contributed by atoms with Gasteiger partial charge in [-0.2, -0.15) is 0 Å². The van der Waals surface area contributed by atoms with Gasteiger partial charge >= 0.3 is 0 Å². The second kappa shape index (κ2) is 3.98. The Labute approximate surface area is 94.0 Å². The van der Waals surface area contributed by atoms with Crippen LogP contribution in [0.15, 0.2) is 30.5 Å². The van der Waals surface area contributed by atoms with Gasteiger partial charge in [-0.1, -0.05) is 18.2 Å². The van der Waals surface area contributed by atoms with Crippen molar-refractivity contribution in [3.05, 3.63) is 30.5 Å². The number of nitrogens with two attached hydrogens (primary N) is 1. The van der Waals surface area contributed by atoms with Crippen LogP contribution in [-0.2, 0) is 11.8 Å². The molecule has 84 valence electrons. The van der Waals surface area contributed by atoms with E-state index >= 15 is 0 Å². The van der Waals surface area contributed by atoms with Crippen LogP contribution < -0.4 is 11.1 Å². The van der Waals surface area contributed by atoms with Gasteiger partial charge in [0.05, 0.1) is 11.7 Å². The molecule has 0 aliphatic heterocycles. The lowest BCUT2D eigenvalue weighted by Crippen LogP contribution is -2.32. The smallest absolute Gasteiger partial charge is 0.241 e. The van der Waals surface area contributed by atoms with E-state index in [0.29, 0.717) is 0 Å². The molecule has 0 bridgehead atoms. The lowest BCUT2D eigenvalue weighted by Gasteiger charge is -2.05. The SMILES string of the molecule is CC(N)C(=O)Nc1cn(C)c2ccccc12. The fourth-order valence-electron chi connectivity index (χ4n) is 1.69. The topological polar surface area (TPSA) is 60.1 Å². The number of nitrogens with one attached hydrogen (secondary N) is 1. The minimum absolute atomic E-state index is 0.170. The molecule has 3 N–H and O–H groups in total. The van der Waals surface area contributed by atoms with Gasteiger partial charge in [0.1, 0.15) is 0 Å². The van der Waals surface area contributed by atoms with Crippen molar-refractivity contribution in [2.75, 3.05) is 5.32 Å². The van der Waals surface area contributed by atoms with Gasteiger partial charge in [0.25, 0.3) is 0 Å². The molecule has 0 radical (unpaired) electrons. The molecule has 1 aromatic carbocycles. The zero-order valence-electron chi connectivity index (χ0n) is 9.40. The quantitative estimate of drug-likeness (QED) is 0.800. The Morgan fingerprint density at radius 3 is 2.81 bits per heavy atom. The number of carbonyl (C=O) groups is 1. The van der Waals surface area contributed by atoms with Crippen molar-refractivity contribution in [3.63, 3.8) is 0 Å². The summed E-state index contributed by atoms with van der Waals surface area (Å²) in [6.45, 7) is 1.67. The van der Waals surface area contributed by atoms with Crippen molar-refractivity contribution in [2.24, 2.45) is 12.8 Å². The first-order valence-electron chi connectivity index (χ1n) is 5.20. The number of hydrogen-bond acceptors (Lipinski definition) is 2. The van der Waals surface area contributed by atoms with E-state index in [1.165, 1.54) is 0 Å². The van der Waals surface area contributed by atoms with Gasteiger partial charge < -0.3 is 15.6 Å². The van der Waals surface area contributed by atoms with Crippen LogP contribution in [0, 0.1) is 0 Å². The summed E-state index contributed by atoms with van der Waals surface area (Å²) in [6.07, 6.45) is 1.89. The van der Waals surface area contributed by atoms with E-state index in [9.17, 15) is 4.79 Å². The van der Waals surface area contributed by atoms with E-state index in [1.54, 1.807) is 6.92 Å². The van der Waals surface area contributed by atoms with E-state index in [-0.39, 0.29) is 5.91 Å². The number of hydrogen-bond donors (Lipinski definition) is 2. The highest BCUT2D eigenvalue weighted by Crippen LogP contribution is 2.24. The summed E-state index contributed by atoms with van der Waals surface area (Å²) >= 11 is 0. The van der Waals surface area contributed by atoms with Gasteiger partial charge in [0, 0.05) is 24.1 Å². The molecule has 0 aliphatic rings. The lowest BCUT2D eigenvalue weighted by atomic mass is 10.2. The number of rotatable bonds is 2. The first-order chi connectivity index (χ1) is 7.59. The average Bonchev–Trinajstić information content (AvgIpc) is 2.57. The fourth-order valence-corrected chi connectivity index (χ4v) is 1.69. The molecular weight excluding hydrogens is 202 g/mol. The molecule has 0 fully saturated rings. The number of aromatic nitrogens is 1. The summed E-state index contributed by atoms with van der Waals surface area (Å²) in [5, 5.41) is 3.85. The third kappa shape index (κ3) is 1.79. The monoisotopic (exact) mass is 217 g/mol. The molecule has 0 saturated heterocycles. The Bertz CT molecular complexity index is 528. The molecule has 0 spiro atoms. The minimum Gasteiger partial charge on any atom is -0.348 e. The highest BCUT2D eigenvalue weighted by atomic mass is 16.2. The summed E-state index contributed by atoms with van der Waals surface area (Å²) in [5.74, 6) is -0.170. The van der Waals surface area contributed by atoms with E-state index in [1.807, 2.05) is 42.1 Å². The van der Waals surface area contributed by atoms with Gasteiger partial charge in [-0.15, -0.1) is 0 Å². The molecule has 1 aromatic heterocycles. The Morgan fingerprint density at radius 2 is 2.12 bits per heavy atom. The molecule has 4 heteroatoms. The van der Waals surface area contributed by atoms with Gasteiger partial charge in [-0.05, 0) is 13.0 Å². The lowest BCUT2D eigenvalue weighted by molar-refractivity contribution is -0.117. The Balaban J connectivity index is 2.42. The average molecular weight is 217 g/mol. The number of fused-ring (bicyclic) bond motifs is 1. The molecular formula is C12H15N3O. The maximum atomic E-state index is 11.5. The van der Waals surface area contributed by atoms with Crippen molar-refractivity contribution in [1.29, 1.82) is 0 Å². The van der Waals surface area contributed by atoms with Gasteiger partial charge in [0.2, 0.25) is 5.91 Å². The number of benzene rings is 1. The Morgan fingerprint density at radius 1 is 1.44 bits per heavy atom. The van der Waals surface area contributed by atoms with Crippen molar-refractivity contribution < 1.29 is 4.79 Å². The molecule has 2 rings (SSSR count). The maximum absolute atomic E-state index is 11.5. The van der Waals surface area contributed by atoms with Crippen LogP contribution in [0.5, 0.6) is 0 Å². The number of para-hydroxylation sites is 1. The summed E-state index contributed by atoms with van der Waals surface area (Å²) < 4.78 is 1.98. The fraction of sp³-hybridized carbons (Fsp3) is 0.250. The third-order valence-corrected chi connectivity index (χ3v) is 2.57. The van der Waals surface area contributed by atoms with E-state index in [0.717, 1.165) is 16.6 Å². The predicted octanol–water partition coefficient (Wildman–Crippen LogP) is 1.46. The van der Waals surface area contributed by atoms with Crippen molar-refractivity contribution in [1.82, 2.24) is 4.57 Å². The first kappa shape index (κ1) is 10.7.